The van der Waals surface area contributed by atoms with E-state index in [4.69, 9.17) is 8.94 Å². The van der Waals surface area contributed by atoms with Crippen molar-refractivity contribution in [2.45, 2.75) is 39.0 Å². The second-order valence-corrected chi connectivity index (χ2v) is 6.06. The van der Waals surface area contributed by atoms with Crippen LogP contribution in [-0.4, -0.2) is 20.3 Å². The molecule has 4 rings (SSSR count). The fourth-order valence-electron chi connectivity index (χ4n) is 2.55. The molecule has 1 aliphatic rings. The summed E-state index contributed by atoms with van der Waals surface area (Å²) >= 11 is 0. The summed E-state index contributed by atoms with van der Waals surface area (Å²) in [6.07, 6.45) is 2.81. The van der Waals surface area contributed by atoms with E-state index in [1.54, 1.807) is 6.20 Å². The molecular formula is C15H16N4O2. The smallest absolute Gasteiger partial charge is 0.257 e. The van der Waals surface area contributed by atoms with Crippen molar-refractivity contribution < 1.29 is 8.94 Å². The molecule has 0 spiro atoms. The highest BCUT2D eigenvalue weighted by molar-refractivity contribution is 5.80. The maximum absolute atomic E-state index is 5.78. The van der Waals surface area contributed by atoms with Crippen molar-refractivity contribution in [1.82, 2.24) is 20.3 Å². The molecule has 3 heterocycles. The summed E-state index contributed by atoms with van der Waals surface area (Å²) in [5, 5.41) is 13.3. The van der Waals surface area contributed by atoms with Crippen LogP contribution in [0.15, 0.2) is 21.2 Å². The molecular weight excluding hydrogens is 268 g/mol. The molecule has 6 heteroatoms. The second-order valence-electron chi connectivity index (χ2n) is 6.06. The van der Waals surface area contributed by atoms with Crippen LogP contribution < -0.4 is 0 Å². The van der Waals surface area contributed by atoms with Crippen LogP contribution in [-0.2, 0) is 0 Å². The molecule has 3 aromatic heterocycles. The Bertz CT molecular complexity index is 805. The lowest BCUT2D eigenvalue weighted by Crippen LogP contribution is -1.88. The number of aromatic nitrogens is 4. The van der Waals surface area contributed by atoms with E-state index in [-0.39, 0.29) is 5.92 Å². The van der Waals surface area contributed by atoms with Crippen molar-refractivity contribution in [3.05, 3.63) is 23.8 Å². The fourth-order valence-corrected chi connectivity index (χ4v) is 2.55. The van der Waals surface area contributed by atoms with E-state index in [2.05, 4.69) is 41.1 Å². The largest absolute Gasteiger partial charge is 0.420 e. The Morgan fingerprint density at radius 1 is 1.29 bits per heavy atom. The molecule has 0 aromatic carbocycles. The van der Waals surface area contributed by atoms with Gasteiger partial charge in [0, 0.05) is 12.1 Å². The molecule has 0 saturated heterocycles. The van der Waals surface area contributed by atoms with Crippen LogP contribution in [0.5, 0.6) is 0 Å². The minimum absolute atomic E-state index is 0.272. The van der Waals surface area contributed by atoms with Crippen LogP contribution in [0.4, 0.5) is 0 Å². The lowest BCUT2D eigenvalue weighted by Gasteiger charge is -1.99. The van der Waals surface area contributed by atoms with E-state index >= 15 is 0 Å². The molecule has 0 amide bonds. The van der Waals surface area contributed by atoms with Crippen LogP contribution in [0, 0.1) is 5.92 Å². The Balaban J connectivity index is 1.75. The first kappa shape index (κ1) is 12.5. The van der Waals surface area contributed by atoms with Gasteiger partial charge in [-0.05, 0) is 24.3 Å². The molecule has 1 fully saturated rings. The highest BCUT2D eigenvalue weighted by Gasteiger charge is 2.38. The molecule has 0 N–H and O–H groups in total. The van der Waals surface area contributed by atoms with Crippen LogP contribution in [0.1, 0.15) is 50.6 Å². The van der Waals surface area contributed by atoms with Gasteiger partial charge in [-0.2, -0.15) is 0 Å². The highest BCUT2D eigenvalue weighted by atomic mass is 16.5. The summed E-state index contributed by atoms with van der Waals surface area (Å²) in [5.41, 5.74) is 2.24. The van der Waals surface area contributed by atoms with Crippen molar-refractivity contribution in [2.75, 3.05) is 0 Å². The number of hydrogen-bond donors (Lipinski definition) is 0. The van der Waals surface area contributed by atoms with Gasteiger partial charge < -0.3 is 8.94 Å². The molecule has 0 bridgehead atoms. The average Bonchev–Trinajstić information content (AvgIpc) is 2.94. The number of hydrogen-bond acceptors (Lipinski definition) is 6. The van der Waals surface area contributed by atoms with Gasteiger partial charge in [0.25, 0.3) is 5.71 Å². The summed E-state index contributed by atoms with van der Waals surface area (Å²) in [5.74, 6) is 2.57. The van der Waals surface area contributed by atoms with Crippen LogP contribution >= 0.6 is 0 Å². The van der Waals surface area contributed by atoms with Gasteiger partial charge in [-0.3, -0.25) is 0 Å². The Kier molecular flexibility index (Phi) is 2.60. The van der Waals surface area contributed by atoms with E-state index in [0.29, 0.717) is 23.4 Å². The Labute approximate surface area is 121 Å². The minimum Gasteiger partial charge on any atom is -0.420 e. The van der Waals surface area contributed by atoms with Gasteiger partial charge in [-0.15, -0.1) is 10.2 Å². The van der Waals surface area contributed by atoms with Crippen LogP contribution in [0.25, 0.3) is 22.6 Å². The van der Waals surface area contributed by atoms with E-state index in [1.165, 1.54) is 0 Å². The first-order valence-corrected chi connectivity index (χ1v) is 7.22. The molecule has 21 heavy (non-hydrogen) atoms. The van der Waals surface area contributed by atoms with Gasteiger partial charge in [-0.25, -0.2) is 4.98 Å². The zero-order chi connectivity index (χ0) is 14.6. The molecule has 0 aliphatic heterocycles. The number of pyridine rings is 1. The summed E-state index contributed by atoms with van der Waals surface area (Å²) in [6.45, 7) is 6.33. The first-order valence-electron chi connectivity index (χ1n) is 7.22. The Morgan fingerprint density at radius 3 is 2.81 bits per heavy atom. The third-order valence-electron chi connectivity index (χ3n) is 4.02. The van der Waals surface area contributed by atoms with Crippen molar-refractivity contribution in [3.8, 4) is 11.5 Å². The molecule has 1 saturated carbocycles. The van der Waals surface area contributed by atoms with E-state index in [9.17, 15) is 0 Å². The van der Waals surface area contributed by atoms with Gasteiger partial charge in [0.15, 0.2) is 0 Å². The Morgan fingerprint density at radius 2 is 2.10 bits per heavy atom. The van der Waals surface area contributed by atoms with Gasteiger partial charge in [-0.1, -0.05) is 25.9 Å². The summed E-state index contributed by atoms with van der Waals surface area (Å²) in [6, 6.07) is 1.96. The zero-order valence-electron chi connectivity index (χ0n) is 12.2. The molecule has 108 valence electrons. The van der Waals surface area contributed by atoms with E-state index in [1.807, 2.05) is 6.07 Å². The molecule has 0 unspecified atom stereocenters. The van der Waals surface area contributed by atoms with Crippen molar-refractivity contribution in [2.24, 2.45) is 5.92 Å². The topological polar surface area (TPSA) is 77.8 Å². The lowest BCUT2D eigenvalue weighted by atomic mass is 10.1. The van der Waals surface area contributed by atoms with Crippen molar-refractivity contribution in [1.29, 1.82) is 0 Å². The predicted octanol–water partition coefficient (Wildman–Crippen LogP) is 3.52. The fraction of sp³-hybridized carbons (Fsp3) is 0.467. The van der Waals surface area contributed by atoms with Gasteiger partial charge in [0.2, 0.25) is 11.8 Å². The number of fused-ring (bicyclic) bond motifs is 1. The first-order chi connectivity index (χ1) is 10.1. The monoisotopic (exact) mass is 284 g/mol. The molecule has 6 nitrogen and oxygen atoms in total. The molecule has 2 atom stereocenters. The molecule has 3 aromatic rings. The van der Waals surface area contributed by atoms with Gasteiger partial charge in [0.1, 0.15) is 0 Å². The quantitative estimate of drug-likeness (QED) is 0.732. The summed E-state index contributed by atoms with van der Waals surface area (Å²) in [4.78, 5) is 4.29. The summed E-state index contributed by atoms with van der Waals surface area (Å²) in [7, 11) is 0. The second kappa shape index (κ2) is 4.38. The van der Waals surface area contributed by atoms with E-state index < -0.39 is 0 Å². The lowest BCUT2D eigenvalue weighted by molar-refractivity contribution is 0.434. The van der Waals surface area contributed by atoms with Crippen molar-refractivity contribution in [3.63, 3.8) is 0 Å². The van der Waals surface area contributed by atoms with E-state index in [0.717, 1.165) is 29.0 Å². The molecule has 1 aliphatic carbocycles. The van der Waals surface area contributed by atoms with Crippen LogP contribution in [0.3, 0.4) is 0 Å². The maximum Gasteiger partial charge on any atom is 0.257 e. The van der Waals surface area contributed by atoms with Crippen LogP contribution in [0.2, 0.25) is 0 Å². The predicted molar refractivity (Wildman–Crippen MR) is 75.7 cm³/mol. The zero-order valence-corrected chi connectivity index (χ0v) is 12.2. The molecule has 0 radical (unpaired) electrons. The third-order valence-corrected chi connectivity index (χ3v) is 4.02. The Hall–Kier alpha value is -2.24. The third kappa shape index (κ3) is 2.02. The number of rotatable bonds is 3. The standard InChI is InChI=1S/C15H16N4O2/c1-7(2)12-11-5-9(6-16-14(11)21-19-12)13-17-18-15(20-13)10-4-8(10)3/h5-8,10H,4H2,1-3H3/t8-,10-/m1/s1. The maximum atomic E-state index is 5.78. The van der Waals surface area contributed by atoms with Gasteiger partial charge >= 0.3 is 0 Å². The van der Waals surface area contributed by atoms with Gasteiger partial charge in [0.05, 0.1) is 16.6 Å². The van der Waals surface area contributed by atoms with Crippen molar-refractivity contribution >= 4 is 11.1 Å². The number of nitrogens with zero attached hydrogens (tertiary/aromatic N) is 4. The summed E-state index contributed by atoms with van der Waals surface area (Å²) < 4.78 is 11.0. The highest BCUT2D eigenvalue weighted by Crippen LogP contribution is 2.46. The SMILES string of the molecule is CC(C)c1noc2ncc(-c3nnc([C@@H]4C[C@H]4C)o3)cc12. The average molecular weight is 284 g/mol. The normalized spacial score (nSPS) is 21.3. The minimum atomic E-state index is 0.272.